The highest BCUT2D eigenvalue weighted by Crippen LogP contribution is 2.38. The Hall–Kier alpha value is -4.18. The summed E-state index contributed by atoms with van der Waals surface area (Å²) >= 11 is 1.38. The first-order chi connectivity index (χ1) is 15.1. The maximum absolute atomic E-state index is 11.9. The summed E-state index contributed by atoms with van der Waals surface area (Å²) in [6.07, 6.45) is 2.84. The van der Waals surface area contributed by atoms with Crippen molar-refractivity contribution in [2.45, 2.75) is 6.92 Å². The standard InChI is InChI=1S/C21H14N6O3S/c1-12-5-2-9-15-16(12)25-21(31-15)26-19-18(27(28)29)20(24-11-23-19)30-14-8-3-6-13-7-4-10-22-17(13)14/h2-11H,1H3,(H,23,24,25,26). The van der Waals surface area contributed by atoms with Crippen molar-refractivity contribution in [3.8, 4) is 11.6 Å². The van der Waals surface area contributed by atoms with Crippen molar-refractivity contribution >= 4 is 49.1 Å². The number of fused-ring (bicyclic) bond motifs is 2. The highest BCUT2D eigenvalue weighted by Gasteiger charge is 2.26. The third-order valence-electron chi connectivity index (χ3n) is 4.62. The fourth-order valence-electron chi connectivity index (χ4n) is 3.20. The molecular weight excluding hydrogens is 416 g/mol. The summed E-state index contributed by atoms with van der Waals surface area (Å²) in [7, 11) is 0. The van der Waals surface area contributed by atoms with Crippen molar-refractivity contribution in [2.75, 3.05) is 5.32 Å². The topological polar surface area (TPSA) is 116 Å². The number of ether oxygens (including phenoxy) is 1. The molecule has 3 heterocycles. The summed E-state index contributed by atoms with van der Waals surface area (Å²) in [5.74, 6) is 0.180. The molecule has 0 unspecified atom stereocenters. The molecule has 0 radical (unpaired) electrons. The van der Waals surface area contributed by atoms with Gasteiger partial charge in [0.1, 0.15) is 11.8 Å². The molecule has 0 aliphatic carbocycles. The van der Waals surface area contributed by atoms with Gasteiger partial charge in [-0.3, -0.25) is 15.1 Å². The average Bonchev–Trinajstić information content (AvgIpc) is 3.18. The molecule has 0 aliphatic rings. The van der Waals surface area contributed by atoms with E-state index in [1.165, 1.54) is 17.7 Å². The molecule has 0 aliphatic heterocycles. The lowest BCUT2D eigenvalue weighted by atomic mass is 10.2. The Morgan fingerprint density at radius 3 is 2.71 bits per heavy atom. The summed E-state index contributed by atoms with van der Waals surface area (Å²) in [5.41, 5.74) is 2.05. The van der Waals surface area contributed by atoms with Crippen LogP contribution >= 0.6 is 11.3 Å². The number of thiazole rings is 1. The van der Waals surface area contributed by atoms with E-state index in [-0.39, 0.29) is 17.4 Å². The zero-order chi connectivity index (χ0) is 21.4. The molecule has 10 heteroatoms. The Balaban J connectivity index is 1.55. The maximum atomic E-state index is 11.9. The van der Waals surface area contributed by atoms with Crippen LogP contribution in [-0.2, 0) is 0 Å². The van der Waals surface area contributed by atoms with Gasteiger partial charge in [-0.15, -0.1) is 0 Å². The maximum Gasteiger partial charge on any atom is 0.373 e. The Morgan fingerprint density at radius 1 is 1.03 bits per heavy atom. The van der Waals surface area contributed by atoms with Crippen molar-refractivity contribution in [3.05, 3.63) is 76.7 Å². The van der Waals surface area contributed by atoms with E-state index in [2.05, 4.69) is 25.3 Å². The van der Waals surface area contributed by atoms with E-state index in [0.717, 1.165) is 21.2 Å². The second-order valence-electron chi connectivity index (χ2n) is 6.63. The predicted molar refractivity (Wildman–Crippen MR) is 118 cm³/mol. The number of para-hydroxylation sites is 2. The molecule has 5 rings (SSSR count). The lowest BCUT2D eigenvalue weighted by Crippen LogP contribution is -2.03. The first kappa shape index (κ1) is 18.8. The van der Waals surface area contributed by atoms with E-state index in [0.29, 0.717) is 16.4 Å². The number of anilines is 2. The number of nitrogens with one attached hydrogen (secondary N) is 1. The molecule has 0 amide bonds. The van der Waals surface area contributed by atoms with Gasteiger partial charge in [-0.2, -0.15) is 4.98 Å². The zero-order valence-electron chi connectivity index (χ0n) is 16.1. The molecule has 0 saturated carbocycles. The Morgan fingerprint density at radius 2 is 1.87 bits per heavy atom. The highest BCUT2D eigenvalue weighted by atomic mass is 32.1. The fourth-order valence-corrected chi connectivity index (χ4v) is 4.14. The average molecular weight is 430 g/mol. The molecule has 3 aromatic heterocycles. The van der Waals surface area contributed by atoms with E-state index < -0.39 is 4.92 Å². The monoisotopic (exact) mass is 430 g/mol. The molecule has 0 saturated heterocycles. The number of aryl methyl sites for hydroxylation is 1. The second-order valence-corrected chi connectivity index (χ2v) is 7.66. The van der Waals surface area contributed by atoms with Gasteiger partial charge in [0.25, 0.3) is 0 Å². The van der Waals surface area contributed by atoms with Gasteiger partial charge in [0.2, 0.25) is 5.82 Å². The second kappa shape index (κ2) is 7.58. The van der Waals surface area contributed by atoms with Crippen LogP contribution in [0.3, 0.4) is 0 Å². The van der Waals surface area contributed by atoms with E-state index in [1.54, 1.807) is 24.4 Å². The molecule has 0 bridgehead atoms. The van der Waals surface area contributed by atoms with Crippen molar-refractivity contribution < 1.29 is 9.66 Å². The van der Waals surface area contributed by atoms with Crippen LogP contribution in [0.4, 0.5) is 16.6 Å². The molecule has 0 fully saturated rings. The minimum absolute atomic E-state index is 0.0000879. The van der Waals surface area contributed by atoms with E-state index >= 15 is 0 Å². The molecule has 0 atom stereocenters. The summed E-state index contributed by atoms with van der Waals surface area (Å²) in [4.78, 5) is 28.2. The largest absolute Gasteiger partial charge is 0.431 e. The third kappa shape index (κ3) is 3.49. The van der Waals surface area contributed by atoms with Crippen molar-refractivity contribution in [3.63, 3.8) is 0 Å². The van der Waals surface area contributed by atoms with E-state index in [1.807, 2.05) is 37.3 Å². The summed E-state index contributed by atoms with van der Waals surface area (Å²) in [6.45, 7) is 1.96. The van der Waals surface area contributed by atoms with Crippen molar-refractivity contribution in [2.24, 2.45) is 0 Å². The van der Waals surface area contributed by atoms with E-state index in [4.69, 9.17) is 4.74 Å². The molecule has 2 aromatic carbocycles. The Bertz CT molecular complexity index is 1450. The third-order valence-corrected chi connectivity index (χ3v) is 5.56. The lowest BCUT2D eigenvalue weighted by molar-refractivity contribution is -0.385. The highest BCUT2D eigenvalue weighted by molar-refractivity contribution is 7.22. The minimum Gasteiger partial charge on any atom is -0.431 e. The van der Waals surface area contributed by atoms with Gasteiger partial charge < -0.3 is 10.1 Å². The SMILES string of the molecule is Cc1cccc2sc(Nc3ncnc(Oc4cccc5cccnc45)c3[N+](=O)[O-])nc12. The first-order valence-electron chi connectivity index (χ1n) is 9.24. The smallest absolute Gasteiger partial charge is 0.373 e. The van der Waals surface area contributed by atoms with Crippen LogP contribution in [0, 0.1) is 17.0 Å². The molecule has 0 spiro atoms. The lowest BCUT2D eigenvalue weighted by Gasteiger charge is -2.09. The number of benzene rings is 2. The normalized spacial score (nSPS) is 11.0. The van der Waals surface area contributed by atoms with Gasteiger partial charge >= 0.3 is 11.6 Å². The molecule has 9 nitrogen and oxygen atoms in total. The molecule has 31 heavy (non-hydrogen) atoms. The number of hydrogen-bond acceptors (Lipinski definition) is 9. The van der Waals surface area contributed by atoms with Crippen LogP contribution in [0.1, 0.15) is 5.56 Å². The number of pyridine rings is 1. The van der Waals surface area contributed by atoms with Crippen LogP contribution < -0.4 is 10.1 Å². The summed E-state index contributed by atoms with van der Waals surface area (Å²) < 4.78 is 6.80. The Labute approximate surface area is 179 Å². The molecule has 1 N–H and O–H groups in total. The van der Waals surface area contributed by atoms with Gasteiger partial charge in [0.15, 0.2) is 10.9 Å². The van der Waals surface area contributed by atoms with Gasteiger partial charge in [0.05, 0.1) is 15.1 Å². The number of nitrogens with zero attached hydrogens (tertiary/aromatic N) is 5. The van der Waals surface area contributed by atoms with Crippen LogP contribution in [0.15, 0.2) is 61.1 Å². The fraction of sp³-hybridized carbons (Fsp3) is 0.0476. The quantitative estimate of drug-likeness (QED) is 0.291. The van der Waals surface area contributed by atoms with Crippen LogP contribution in [0.2, 0.25) is 0 Å². The first-order valence-corrected chi connectivity index (χ1v) is 10.1. The van der Waals surface area contributed by atoms with Crippen molar-refractivity contribution in [1.82, 2.24) is 19.9 Å². The number of aromatic nitrogens is 4. The molecule has 152 valence electrons. The number of hydrogen-bond donors (Lipinski definition) is 1. The summed E-state index contributed by atoms with van der Waals surface area (Å²) in [6, 6.07) is 14.9. The van der Waals surface area contributed by atoms with Gasteiger partial charge in [0, 0.05) is 11.6 Å². The zero-order valence-corrected chi connectivity index (χ0v) is 17.0. The molecule has 5 aromatic rings. The Kier molecular flexibility index (Phi) is 4.60. The molecular formula is C21H14N6O3S. The van der Waals surface area contributed by atoms with Crippen molar-refractivity contribution in [1.29, 1.82) is 0 Å². The van der Waals surface area contributed by atoms with Crippen LogP contribution in [0.5, 0.6) is 11.6 Å². The summed E-state index contributed by atoms with van der Waals surface area (Å²) in [5, 5.41) is 16.2. The number of nitro groups is 1. The van der Waals surface area contributed by atoms with Gasteiger partial charge in [-0.05, 0) is 30.7 Å². The van der Waals surface area contributed by atoms with Gasteiger partial charge in [-0.1, -0.05) is 41.7 Å². The van der Waals surface area contributed by atoms with Gasteiger partial charge in [-0.25, -0.2) is 9.97 Å². The minimum atomic E-state index is -0.575. The number of rotatable bonds is 5. The van der Waals surface area contributed by atoms with Crippen LogP contribution in [0.25, 0.3) is 21.1 Å². The van der Waals surface area contributed by atoms with E-state index in [9.17, 15) is 10.1 Å². The predicted octanol–water partition coefficient (Wildman–Crippen LogP) is 5.39. The van der Waals surface area contributed by atoms with Crippen LogP contribution in [-0.4, -0.2) is 24.9 Å².